The van der Waals surface area contributed by atoms with Crippen LogP contribution >= 0.6 is 56.5 Å². The molecule has 4 aromatic rings. The van der Waals surface area contributed by atoms with E-state index in [1.54, 1.807) is 43.7 Å². The number of aromatic nitrogens is 1. The van der Waals surface area contributed by atoms with E-state index in [-0.39, 0.29) is 24.7 Å². The van der Waals surface area contributed by atoms with Gasteiger partial charge in [-0.25, -0.2) is 9.79 Å². The van der Waals surface area contributed by atoms with Crippen molar-refractivity contribution in [3.05, 3.63) is 116 Å². The zero-order valence-electron chi connectivity index (χ0n) is 23.9. The normalized spacial score (nSPS) is 14.5. The number of carbonyl (C=O) groups is 2. The molecular formula is C32H27I2N3O6S. The van der Waals surface area contributed by atoms with Crippen molar-refractivity contribution in [2.45, 2.75) is 19.9 Å². The highest BCUT2D eigenvalue weighted by atomic mass is 127. The first-order valence-corrected chi connectivity index (χ1v) is 16.5. The van der Waals surface area contributed by atoms with Gasteiger partial charge >= 0.3 is 5.97 Å². The number of hydrogen-bond acceptors (Lipinski definition) is 8. The van der Waals surface area contributed by atoms with Gasteiger partial charge in [0.1, 0.15) is 11.5 Å². The van der Waals surface area contributed by atoms with E-state index in [1.807, 2.05) is 54.6 Å². The summed E-state index contributed by atoms with van der Waals surface area (Å²) >= 11 is 5.54. The number of methoxy groups -OCH3 is 1. The Morgan fingerprint density at radius 3 is 2.48 bits per heavy atom. The van der Waals surface area contributed by atoms with Crippen molar-refractivity contribution < 1.29 is 23.8 Å². The molecule has 44 heavy (non-hydrogen) atoms. The fourth-order valence-corrected chi connectivity index (χ4v) is 7.92. The molecule has 1 N–H and O–H groups in total. The number of nitrogens with zero attached hydrogens (tertiary/aromatic N) is 2. The summed E-state index contributed by atoms with van der Waals surface area (Å²) < 4.78 is 19.7. The Balaban J connectivity index is 1.58. The van der Waals surface area contributed by atoms with E-state index in [2.05, 4.69) is 50.5 Å². The van der Waals surface area contributed by atoms with Crippen LogP contribution in [0.3, 0.4) is 0 Å². The highest BCUT2D eigenvalue weighted by molar-refractivity contribution is 14.1. The second kappa shape index (κ2) is 14.1. The van der Waals surface area contributed by atoms with Crippen LogP contribution in [-0.4, -0.2) is 36.8 Å². The third-order valence-electron chi connectivity index (χ3n) is 6.67. The summed E-state index contributed by atoms with van der Waals surface area (Å²) in [5.74, 6) is 0.390. The zero-order chi connectivity index (χ0) is 31.4. The average molecular weight is 835 g/mol. The summed E-state index contributed by atoms with van der Waals surface area (Å²) in [6.07, 6.45) is 1.80. The monoisotopic (exact) mass is 835 g/mol. The van der Waals surface area contributed by atoms with Crippen LogP contribution < -0.4 is 29.7 Å². The van der Waals surface area contributed by atoms with Crippen molar-refractivity contribution in [1.82, 2.24) is 4.57 Å². The van der Waals surface area contributed by atoms with E-state index >= 15 is 0 Å². The summed E-state index contributed by atoms with van der Waals surface area (Å²) in [6.45, 7) is 3.61. The van der Waals surface area contributed by atoms with E-state index in [0.717, 1.165) is 18.3 Å². The maximum atomic E-state index is 14.1. The van der Waals surface area contributed by atoms with Gasteiger partial charge in [-0.1, -0.05) is 41.7 Å². The molecule has 226 valence electrons. The number of para-hydroxylation sites is 1. The molecule has 0 saturated heterocycles. The molecule has 9 nitrogen and oxygen atoms in total. The van der Waals surface area contributed by atoms with Gasteiger partial charge < -0.3 is 19.5 Å². The zero-order valence-corrected chi connectivity index (χ0v) is 29.1. The lowest BCUT2D eigenvalue weighted by Gasteiger charge is -2.25. The Labute approximate surface area is 284 Å². The van der Waals surface area contributed by atoms with E-state index in [1.165, 1.54) is 11.3 Å². The molecule has 0 fully saturated rings. The predicted octanol–water partition coefficient (Wildman–Crippen LogP) is 5.03. The molecular weight excluding hydrogens is 808 g/mol. The lowest BCUT2D eigenvalue weighted by atomic mass is 9.95. The number of halogens is 2. The number of ether oxygens (including phenoxy) is 3. The predicted molar refractivity (Wildman–Crippen MR) is 186 cm³/mol. The van der Waals surface area contributed by atoms with Gasteiger partial charge in [0.15, 0.2) is 11.4 Å². The quantitative estimate of drug-likeness (QED) is 0.187. The van der Waals surface area contributed by atoms with Crippen molar-refractivity contribution in [2.75, 3.05) is 25.6 Å². The fraction of sp³-hybridized carbons (Fsp3) is 0.188. The van der Waals surface area contributed by atoms with Gasteiger partial charge in [-0.05, 0) is 113 Å². The van der Waals surface area contributed by atoms with Crippen LogP contribution in [0.2, 0.25) is 0 Å². The molecule has 12 heteroatoms. The molecule has 2 heterocycles. The highest BCUT2D eigenvalue weighted by Crippen LogP contribution is 2.33. The first-order chi connectivity index (χ1) is 21.2. The molecule has 0 aliphatic carbocycles. The number of rotatable bonds is 9. The SMILES string of the molecule is CCOC(=O)COc1c(I)cc(/C=c2\sc3n(c2=O)[C@@H](c2cccc(OC)c2)C(C(=O)Nc2ccccc2)=C(C)N=3)cc1I. The smallest absolute Gasteiger partial charge is 0.344 e. The van der Waals surface area contributed by atoms with E-state index in [0.29, 0.717) is 37.8 Å². The van der Waals surface area contributed by atoms with E-state index in [9.17, 15) is 14.4 Å². The van der Waals surface area contributed by atoms with Crippen LogP contribution in [-0.2, 0) is 14.3 Å². The average Bonchev–Trinajstić information content (AvgIpc) is 3.30. The number of amides is 1. The lowest BCUT2D eigenvalue weighted by Crippen LogP contribution is -2.40. The van der Waals surface area contributed by atoms with Gasteiger partial charge in [-0.15, -0.1) is 0 Å². The van der Waals surface area contributed by atoms with Crippen molar-refractivity contribution in [3.63, 3.8) is 0 Å². The minimum Gasteiger partial charge on any atom is -0.497 e. The molecule has 0 saturated carbocycles. The first-order valence-electron chi connectivity index (χ1n) is 13.5. The molecule has 0 bridgehead atoms. The molecule has 1 aliphatic heterocycles. The lowest BCUT2D eigenvalue weighted by molar-refractivity contribution is -0.145. The van der Waals surface area contributed by atoms with Gasteiger partial charge in [0.05, 0.1) is 42.7 Å². The summed E-state index contributed by atoms with van der Waals surface area (Å²) in [6, 6.07) is 19.5. The number of hydrogen-bond donors (Lipinski definition) is 1. The Hall–Kier alpha value is -3.50. The van der Waals surface area contributed by atoms with Gasteiger partial charge in [-0.3, -0.25) is 14.2 Å². The molecule has 0 radical (unpaired) electrons. The Morgan fingerprint density at radius 1 is 1.07 bits per heavy atom. The summed E-state index contributed by atoms with van der Waals surface area (Å²) in [5.41, 5.74) is 2.75. The van der Waals surface area contributed by atoms with Gasteiger partial charge in [-0.2, -0.15) is 0 Å². The van der Waals surface area contributed by atoms with Gasteiger partial charge in [0, 0.05) is 5.69 Å². The number of carbonyl (C=O) groups excluding carboxylic acids is 2. The number of anilines is 1. The standard InChI is InChI=1S/C32H27I2N3O6S/c1-4-42-26(38)17-43-29-23(33)13-19(14-24(29)34)15-25-31(40)37-28(20-9-8-12-22(16-20)41-3)27(18(2)35-32(37)44-25)30(39)36-21-10-6-5-7-11-21/h5-16,28H,4,17H2,1-3H3,(H,36,39)/b25-15-/t28-/m0/s1. The first kappa shape index (κ1) is 31.9. The number of allylic oxidation sites excluding steroid dienone is 1. The fourth-order valence-electron chi connectivity index (χ4n) is 4.74. The molecule has 0 unspecified atom stereocenters. The summed E-state index contributed by atoms with van der Waals surface area (Å²) in [5, 5.41) is 2.96. The highest BCUT2D eigenvalue weighted by Gasteiger charge is 2.32. The number of fused-ring (bicyclic) bond motifs is 1. The van der Waals surface area contributed by atoms with Crippen LogP contribution in [0.1, 0.15) is 31.0 Å². The number of nitrogens with one attached hydrogen (secondary N) is 1. The van der Waals surface area contributed by atoms with E-state index < -0.39 is 12.0 Å². The minimum atomic E-state index is -0.730. The number of esters is 1. The largest absolute Gasteiger partial charge is 0.497 e. The summed E-state index contributed by atoms with van der Waals surface area (Å²) in [7, 11) is 1.57. The van der Waals surface area contributed by atoms with Crippen molar-refractivity contribution in [3.8, 4) is 11.5 Å². The molecule has 1 atom stereocenters. The molecule has 1 aliphatic rings. The minimum absolute atomic E-state index is 0.193. The van der Waals surface area contributed by atoms with Crippen LogP contribution in [0.25, 0.3) is 6.08 Å². The van der Waals surface area contributed by atoms with Crippen LogP contribution in [0.4, 0.5) is 5.69 Å². The second-order valence-corrected chi connectivity index (χ2v) is 12.9. The maximum absolute atomic E-state index is 14.1. The van der Waals surface area contributed by atoms with Crippen molar-refractivity contribution in [2.24, 2.45) is 4.99 Å². The Kier molecular flexibility index (Phi) is 10.2. The summed E-state index contributed by atoms with van der Waals surface area (Å²) in [4.78, 5) is 44.8. The Morgan fingerprint density at radius 2 is 1.80 bits per heavy atom. The third kappa shape index (κ3) is 6.91. The van der Waals surface area contributed by atoms with Gasteiger partial charge in [0.2, 0.25) is 0 Å². The molecule has 0 spiro atoms. The molecule has 3 aromatic carbocycles. The van der Waals surface area contributed by atoms with Crippen molar-refractivity contribution >= 4 is 80.2 Å². The maximum Gasteiger partial charge on any atom is 0.344 e. The number of thiazole rings is 1. The van der Waals surface area contributed by atoms with Gasteiger partial charge in [0.25, 0.3) is 11.5 Å². The number of benzene rings is 3. The second-order valence-electron chi connectivity index (χ2n) is 9.59. The molecule has 5 rings (SSSR count). The topological polar surface area (TPSA) is 108 Å². The Bertz CT molecular complexity index is 1930. The van der Waals surface area contributed by atoms with E-state index in [4.69, 9.17) is 19.2 Å². The van der Waals surface area contributed by atoms with Crippen molar-refractivity contribution in [1.29, 1.82) is 0 Å². The van der Waals surface area contributed by atoms with Crippen LogP contribution in [0.5, 0.6) is 11.5 Å². The van der Waals surface area contributed by atoms with Crippen LogP contribution in [0, 0.1) is 7.14 Å². The molecule has 1 aromatic heterocycles. The van der Waals surface area contributed by atoms with Crippen LogP contribution in [0.15, 0.2) is 87.8 Å². The third-order valence-corrected chi connectivity index (χ3v) is 9.25. The molecule has 1 amide bonds.